The molecule has 0 atom stereocenters. The van der Waals surface area contributed by atoms with Crippen LogP contribution < -0.4 is 0 Å². The second-order valence-corrected chi connectivity index (χ2v) is 5.97. The van der Waals surface area contributed by atoms with E-state index >= 15 is 0 Å². The maximum atomic E-state index is 11.2. The zero-order chi connectivity index (χ0) is 16.1. The monoisotopic (exact) mass is 315 g/mol. The Kier molecular flexibility index (Phi) is 5.02. The summed E-state index contributed by atoms with van der Waals surface area (Å²) in [5, 5.41) is 13.2. The minimum atomic E-state index is -0.821. The second-order valence-electron chi connectivity index (χ2n) is 5.97. The molecule has 1 aliphatic carbocycles. The number of aliphatic carboxylic acids is 1. The van der Waals surface area contributed by atoms with Gasteiger partial charge in [0.05, 0.1) is 13.1 Å². The van der Waals surface area contributed by atoms with Crippen molar-refractivity contribution in [2.45, 2.75) is 44.7 Å². The van der Waals surface area contributed by atoms with Crippen LogP contribution in [0.2, 0.25) is 0 Å². The molecule has 1 saturated carbocycles. The van der Waals surface area contributed by atoms with Crippen LogP contribution in [0.5, 0.6) is 0 Å². The number of benzene rings is 1. The number of nitrogens with zero attached hydrogens (tertiary/aromatic N) is 3. The third kappa shape index (κ3) is 4.16. The maximum Gasteiger partial charge on any atom is 0.317 e. The lowest BCUT2D eigenvalue weighted by atomic mass is 9.94. The van der Waals surface area contributed by atoms with Crippen molar-refractivity contribution in [2.75, 3.05) is 6.54 Å². The van der Waals surface area contributed by atoms with Crippen LogP contribution in [0.25, 0.3) is 11.4 Å². The van der Waals surface area contributed by atoms with Crippen LogP contribution >= 0.6 is 0 Å². The van der Waals surface area contributed by atoms with Crippen LogP contribution in [0.3, 0.4) is 0 Å². The van der Waals surface area contributed by atoms with Crippen molar-refractivity contribution in [1.29, 1.82) is 0 Å². The number of carboxylic acid groups (broad SMARTS) is 1. The Morgan fingerprint density at radius 1 is 1.22 bits per heavy atom. The molecular weight excluding hydrogens is 294 g/mol. The Hall–Kier alpha value is -2.21. The number of hydrogen-bond donors (Lipinski definition) is 1. The van der Waals surface area contributed by atoms with E-state index < -0.39 is 5.97 Å². The summed E-state index contributed by atoms with van der Waals surface area (Å²) < 4.78 is 5.33. The molecule has 6 heteroatoms. The van der Waals surface area contributed by atoms with Gasteiger partial charge in [-0.3, -0.25) is 9.69 Å². The zero-order valence-corrected chi connectivity index (χ0v) is 13.0. The highest BCUT2D eigenvalue weighted by Gasteiger charge is 2.25. The fourth-order valence-electron chi connectivity index (χ4n) is 3.13. The maximum absolute atomic E-state index is 11.2. The van der Waals surface area contributed by atoms with Crippen LogP contribution in [0.1, 0.15) is 38.0 Å². The van der Waals surface area contributed by atoms with Crippen molar-refractivity contribution >= 4 is 5.97 Å². The van der Waals surface area contributed by atoms with Gasteiger partial charge in [-0.15, -0.1) is 0 Å². The highest BCUT2D eigenvalue weighted by molar-refractivity contribution is 5.69. The van der Waals surface area contributed by atoms with Crippen LogP contribution in [-0.2, 0) is 11.3 Å². The van der Waals surface area contributed by atoms with Crippen LogP contribution in [0.4, 0.5) is 0 Å². The van der Waals surface area contributed by atoms with Gasteiger partial charge in [0.1, 0.15) is 0 Å². The van der Waals surface area contributed by atoms with Gasteiger partial charge in [-0.05, 0) is 12.8 Å². The van der Waals surface area contributed by atoms with Gasteiger partial charge in [0, 0.05) is 11.6 Å². The fourth-order valence-corrected chi connectivity index (χ4v) is 3.13. The van der Waals surface area contributed by atoms with Gasteiger partial charge in [-0.2, -0.15) is 4.98 Å². The van der Waals surface area contributed by atoms with Crippen molar-refractivity contribution in [2.24, 2.45) is 0 Å². The summed E-state index contributed by atoms with van der Waals surface area (Å²) in [6.45, 7) is 0.393. The molecule has 3 rings (SSSR count). The summed E-state index contributed by atoms with van der Waals surface area (Å²) in [5.41, 5.74) is 0.893. The number of rotatable bonds is 6. The van der Waals surface area contributed by atoms with E-state index in [1.807, 2.05) is 35.2 Å². The summed E-state index contributed by atoms with van der Waals surface area (Å²) in [5.74, 6) is 0.188. The molecule has 0 spiro atoms. The van der Waals surface area contributed by atoms with E-state index in [1.165, 1.54) is 6.42 Å². The van der Waals surface area contributed by atoms with Crippen molar-refractivity contribution in [3.05, 3.63) is 36.2 Å². The number of carbonyl (C=O) groups is 1. The second kappa shape index (κ2) is 7.37. The number of carboxylic acids is 1. The van der Waals surface area contributed by atoms with Crippen molar-refractivity contribution in [3.8, 4) is 11.4 Å². The van der Waals surface area contributed by atoms with Gasteiger partial charge in [0.2, 0.25) is 11.7 Å². The van der Waals surface area contributed by atoms with Crippen molar-refractivity contribution < 1.29 is 14.4 Å². The predicted molar refractivity (Wildman–Crippen MR) is 84.7 cm³/mol. The first-order valence-electron chi connectivity index (χ1n) is 8.06. The Labute approximate surface area is 135 Å². The molecule has 1 aromatic carbocycles. The van der Waals surface area contributed by atoms with E-state index in [2.05, 4.69) is 10.1 Å². The van der Waals surface area contributed by atoms with Gasteiger partial charge >= 0.3 is 5.97 Å². The van der Waals surface area contributed by atoms with Crippen molar-refractivity contribution in [1.82, 2.24) is 15.0 Å². The molecule has 1 N–H and O–H groups in total. The first-order valence-corrected chi connectivity index (χ1v) is 8.06. The van der Waals surface area contributed by atoms with Gasteiger partial charge in [-0.25, -0.2) is 0 Å². The van der Waals surface area contributed by atoms with Crippen LogP contribution in [0, 0.1) is 0 Å². The lowest BCUT2D eigenvalue weighted by Gasteiger charge is -2.32. The molecule has 1 aliphatic rings. The van der Waals surface area contributed by atoms with Crippen LogP contribution in [0.15, 0.2) is 34.9 Å². The molecule has 23 heavy (non-hydrogen) atoms. The molecular formula is C17H21N3O3. The average molecular weight is 315 g/mol. The van der Waals surface area contributed by atoms with Gasteiger partial charge in [0.15, 0.2) is 0 Å². The Morgan fingerprint density at radius 2 is 1.96 bits per heavy atom. The largest absolute Gasteiger partial charge is 0.480 e. The Bertz CT molecular complexity index is 636. The van der Waals surface area contributed by atoms with Gasteiger partial charge < -0.3 is 9.63 Å². The van der Waals surface area contributed by atoms with E-state index in [1.54, 1.807) is 0 Å². The normalized spacial score (nSPS) is 15.9. The SMILES string of the molecule is O=C(O)CN(Cc1nc(-c2ccccc2)no1)C1CCCCC1. The third-order valence-corrected chi connectivity index (χ3v) is 4.27. The van der Waals surface area contributed by atoms with Gasteiger partial charge in [-0.1, -0.05) is 54.8 Å². The molecule has 0 unspecified atom stereocenters. The van der Waals surface area contributed by atoms with E-state index in [0.717, 1.165) is 31.2 Å². The first kappa shape index (κ1) is 15.7. The summed E-state index contributed by atoms with van der Waals surface area (Å²) in [6, 6.07) is 9.90. The minimum absolute atomic E-state index is 0.00766. The average Bonchev–Trinajstić information content (AvgIpc) is 3.04. The Morgan fingerprint density at radius 3 is 2.65 bits per heavy atom. The standard InChI is InChI=1S/C17H21N3O3/c21-16(22)12-20(14-9-5-2-6-10-14)11-15-18-17(19-23-15)13-7-3-1-4-8-13/h1,3-4,7-8,14H,2,5-6,9-12H2,(H,21,22). The lowest BCUT2D eigenvalue weighted by molar-refractivity contribution is -0.139. The lowest BCUT2D eigenvalue weighted by Crippen LogP contribution is -2.39. The molecule has 0 aliphatic heterocycles. The smallest absolute Gasteiger partial charge is 0.317 e. The zero-order valence-electron chi connectivity index (χ0n) is 13.0. The Balaban J connectivity index is 1.72. The summed E-state index contributed by atoms with van der Waals surface area (Å²) >= 11 is 0. The molecule has 122 valence electrons. The summed E-state index contributed by atoms with van der Waals surface area (Å²) in [4.78, 5) is 17.5. The summed E-state index contributed by atoms with van der Waals surface area (Å²) in [7, 11) is 0. The molecule has 0 saturated heterocycles. The molecule has 2 aromatic rings. The minimum Gasteiger partial charge on any atom is -0.480 e. The molecule has 0 radical (unpaired) electrons. The highest BCUT2D eigenvalue weighted by atomic mass is 16.5. The van der Waals surface area contributed by atoms with Gasteiger partial charge in [0.25, 0.3) is 0 Å². The molecule has 0 amide bonds. The van der Waals surface area contributed by atoms with E-state index in [0.29, 0.717) is 18.3 Å². The molecule has 6 nitrogen and oxygen atoms in total. The summed E-state index contributed by atoms with van der Waals surface area (Å²) in [6.07, 6.45) is 5.61. The molecule has 1 heterocycles. The quantitative estimate of drug-likeness (QED) is 0.883. The highest BCUT2D eigenvalue weighted by Crippen LogP contribution is 2.24. The van der Waals surface area contributed by atoms with E-state index in [4.69, 9.17) is 9.63 Å². The topological polar surface area (TPSA) is 79.5 Å². The van der Waals surface area contributed by atoms with E-state index in [-0.39, 0.29) is 12.6 Å². The molecule has 1 fully saturated rings. The molecule has 0 bridgehead atoms. The first-order chi connectivity index (χ1) is 11.2. The molecule has 1 aromatic heterocycles. The fraction of sp³-hybridized carbons (Fsp3) is 0.471. The predicted octanol–water partition coefficient (Wildman–Crippen LogP) is 2.96. The third-order valence-electron chi connectivity index (χ3n) is 4.27. The van der Waals surface area contributed by atoms with Crippen molar-refractivity contribution in [3.63, 3.8) is 0 Å². The van der Waals surface area contributed by atoms with E-state index in [9.17, 15) is 4.79 Å². The number of hydrogen-bond acceptors (Lipinski definition) is 5. The number of aromatic nitrogens is 2. The van der Waals surface area contributed by atoms with Crippen LogP contribution in [-0.4, -0.2) is 38.7 Å².